The quantitative estimate of drug-likeness (QED) is 0.801. The summed E-state index contributed by atoms with van der Waals surface area (Å²) in [6.07, 6.45) is 0. The van der Waals surface area contributed by atoms with Crippen LogP contribution < -0.4 is 10.5 Å². The second kappa shape index (κ2) is 7.36. The highest BCUT2D eigenvalue weighted by atomic mass is 16.5. The second-order valence-electron chi connectivity index (χ2n) is 4.57. The number of methoxy groups -OCH3 is 2. The molecule has 1 unspecified atom stereocenters. The van der Waals surface area contributed by atoms with Gasteiger partial charge in [-0.15, -0.1) is 0 Å². The lowest BCUT2D eigenvalue weighted by Gasteiger charge is -2.25. The first-order valence-electron chi connectivity index (χ1n) is 6.17. The monoisotopic (exact) mass is 252 g/mol. The topological polar surface area (TPSA) is 47.7 Å². The minimum absolute atomic E-state index is 0.362. The molecule has 18 heavy (non-hydrogen) atoms. The normalized spacial score (nSPS) is 12.8. The van der Waals surface area contributed by atoms with E-state index in [2.05, 4.69) is 24.9 Å². The van der Waals surface area contributed by atoms with Crippen LogP contribution in [0.2, 0.25) is 0 Å². The van der Waals surface area contributed by atoms with Gasteiger partial charge in [0.05, 0.1) is 13.7 Å². The maximum atomic E-state index is 5.67. The van der Waals surface area contributed by atoms with Crippen molar-refractivity contribution in [3.05, 3.63) is 29.3 Å². The van der Waals surface area contributed by atoms with Gasteiger partial charge in [-0.1, -0.05) is 6.07 Å². The van der Waals surface area contributed by atoms with Crippen LogP contribution in [-0.4, -0.2) is 38.8 Å². The molecule has 1 aromatic carbocycles. The lowest BCUT2D eigenvalue weighted by Crippen LogP contribution is -2.32. The van der Waals surface area contributed by atoms with Crippen molar-refractivity contribution >= 4 is 0 Å². The Balaban J connectivity index is 2.81. The van der Waals surface area contributed by atoms with Gasteiger partial charge in [0, 0.05) is 31.8 Å². The molecule has 0 fully saturated rings. The Morgan fingerprint density at radius 2 is 2.06 bits per heavy atom. The zero-order chi connectivity index (χ0) is 13.5. The minimum Gasteiger partial charge on any atom is -0.496 e. The summed E-state index contributed by atoms with van der Waals surface area (Å²) in [5.74, 6) is 0.906. The standard InChI is InChI=1S/C14H24N2O2/c1-11(10-17-3)16(2)9-13-7-12(8-15)5-6-14(13)18-4/h5-7,11H,8-10,15H2,1-4H3. The first-order chi connectivity index (χ1) is 8.62. The summed E-state index contributed by atoms with van der Waals surface area (Å²) in [5, 5.41) is 0. The van der Waals surface area contributed by atoms with Crippen molar-refractivity contribution in [2.45, 2.75) is 26.1 Å². The number of nitrogens with zero attached hydrogens (tertiary/aromatic N) is 1. The molecule has 0 spiro atoms. The van der Waals surface area contributed by atoms with Crippen LogP contribution >= 0.6 is 0 Å². The predicted molar refractivity (Wildman–Crippen MR) is 73.7 cm³/mol. The molecule has 0 aliphatic carbocycles. The fraction of sp³-hybridized carbons (Fsp3) is 0.571. The third-order valence-electron chi connectivity index (χ3n) is 3.16. The number of hydrogen-bond donors (Lipinski definition) is 1. The van der Waals surface area contributed by atoms with E-state index in [4.69, 9.17) is 15.2 Å². The molecule has 0 amide bonds. The highest BCUT2D eigenvalue weighted by Crippen LogP contribution is 2.21. The van der Waals surface area contributed by atoms with Gasteiger partial charge >= 0.3 is 0 Å². The number of likely N-dealkylation sites (N-methyl/N-ethyl adjacent to an activating group) is 1. The molecule has 1 atom stereocenters. The Hall–Kier alpha value is -1.10. The molecule has 2 N–H and O–H groups in total. The number of rotatable bonds is 7. The number of benzene rings is 1. The Morgan fingerprint density at radius 3 is 2.61 bits per heavy atom. The van der Waals surface area contributed by atoms with Gasteiger partial charge in [-0.2, -0.15) is 0 Å². The Kier molecular flexibility index (Phi) is 6.12. The van der Waals surface area contributed by atoms with E-state index in [0.717, 1.165) is 30.0 Å². The molecule has 0 radical (unpaired) electrons. The highest BCUT2D eigenvalue weighted by molar-refractivity contribution is 5.37. The molecule has 0 heterocycles. The van der Waals surface area contributed by atoms with Crippen molar-refractivity contribution in [3.63, 3.8) is 0 Å². The average Bonchev–Trinajstić information content (AvgIpc) is 2.38. The molecular weight excluding hydrogens is 228 g/mol. The molecular formula is C14H24N2O2. The molecule has 0 aromatic heterocycles. The largest absolute Gasteiger partial charge is 0.496 e. The maximum Gasteiger partial charge on any atom is 0.123 e. The van der Waals surface area contributed by atoms with Crippen molar-refractivity contribution in [3.8, 4) is 5.75 Å². The molecule has 0 aliphatic heterocycles. The van der Waals surface area contributed by atoms with Gasteiger partial charge in [-0.25, -0.2) is 0 Å². The molecule has 102 valence electrons. The molecule has 0 saturated carbocycles. The van der Waals surface area contributed by atoms with E-state index in [0.29, 0.717) is 12.6 Å². The van der Waals surface area contributed by atoms with Gasteiger partial charge in [-0.3, -0.25) is 4.90 Å². The smallest absolute Gasteiger partial charge is 0.123 e. The van der Waals surface area contributed by atoms with E-state index in [9.17, 15) is 0 Å². The summed E-state index contributed by atoms with van der Waals surface area (Å²) in [5.41, 5.74) is 7.96. The van der Waals surface area contributed by atoms with Crippen molar-refractivity contribution < 1.29 is 9.47 Å². The van der Waals surface area contributed by atoms with Crippen LogP contribution in [0.1, 0.15) is 18.1 Å². The van der Waals surface area contributed by atoms with Crippen LogP contribution in [0.15, 0.2) is 18.2 Å². The summed E-state index contributed by atoms with van der Waals surface area (Å²) >= 11 is 0. The van der Waals surface area contributed by atoms with Crippen LogP contribution in [0.3, 0.4) is 0 Å². The Bertz CT molecular complexity index is 369. The van der Waals surface area contributed by atoms with Crippen LogP contribution in [0, 0.1) is 0 Å². The van der Waals surface area contributed by atoms with E-state index in [1.807, 2.05) is 12.1 Å². The molecule has 0 aliphatic rings. The van der Waals surface area contributed by atoms with E-state index >= 15 is 0 Å². The summed E-state index contributed by atoms with van der Waals surface area (Å²) in [7, 11) is 5.50. The van der Waals surface area contributed by atoms with E-state index in [1.54, 1.807) is 14.2 Å². The SMILES string of the molecule is COCC(C)N(C)Cc1cc(CN)ccc1OC. The number of hydrogen-bond acceptors (Lipinski definition) is 4. The van der Waals surface area contributed by atoms with Crippen molar-refractivity contribution in [2.24, 2.45) is 5.73 Å². The maximum absolute atomic E-state index is 5.67. The minimum atomic E-state index is 0.362. The lowest BCUT2D eigenvalue weighted by atomic mass is 10.1. The lowest BCUT2D eigenvalue weighted by molar-refractivity contribution is 0.111. The molecule has 0 bridgehead atoms. The predicted octanol–water partition coefficient (Wildman–Crippen LogP) is 1.62. The summed E-state index contributed by atoms with van der Waals surface area (Å²) < 4.78 is 10.6. The Labute approximate surface area is 110 Å². The second-order valence-corrected chi connectivity index (χ2v) is 4.57. The molecule has 1 rings (SSSR count). The molecule has 4 nitrogen and oxygen atoms in total. The van der Waals surface area contributed by atoms with Crippen molar-refractivity contribution in [2.75, 3.05) is 27.9 Å². The third kappa shape index (κ3) is 3.98. The third-order valence-corrected chi connectivity index (χ3v) is 3.16. The van der Waals surface area contributed by atoms with Crippen molar-refractivity contribution in [1.82, 2.24) is 4.90 Å². The fourth-order valence-corrected chi connectivity index (χ4v) is 1.88. The number of nitrogens with two attached hydrogens (primary N) is 1. The fourth-order valence-electron chi connectivity index (χ4n) is 1.88. The van der Waals surface area contributed by atoms with Gasteiger partial charge < -0.3 is 15.2 Å². The van der Waals surface area contributed by atoms with Crippen LogP contribution in [0.5, 0.6) is 5.75 Å². The van der Waals surface area contributed by atoms with E-state index in [1.165, 1.54) is 0 Å². The zero-order valence-corrected chi connectivity index (χ0v) is 11.8. The van der Waals surface area contributed by atoms with Crippen LogP contribution in [0.4, 0.5) is 0 Å². The molecule has 1 aromatic rings. The van der Waals surface area contributed by atoms with Crippen molar-refractivity contribution in [1.29, 1.82) is 0 Å². The van der Waals surface area contributed by atoms with Gasteiger partial charge in [0.15, 0.2) is 0 Å². The van der Waals surface area contributed by atoms with Gasteiger partial charge in [-0.05, 0) is 31.7 Å². The highest BCUT2D eigenvalue weighted by Gasteiger charge is 2.12. The van der Waals surface area contributed by atoms with Gasteiger partial charge in [0.25, 0.3) is 0 Å². The first kappa shape index (κ1) is 15.0. The van der Waals surface area contributed by atoms with Crippen LogP contribution in [-0.2, 0) is 17.8 Å². The van der Waals surface area contributed by atoms with Gasteiger partial charge in [0.1, 0.15) is 5.75 Å². The summed E-state index contributed by atoms with van der Waals surface area (Å²) in [4.78, 5) is 2.24. The Morgan fingerprint density at radius 1 is 1.33 bits per heavy atom. The summed E-state index contributed by atoms with van der Waals surface area (Å²) in [6, 6.07) is 6.45. The van der Waals surface area contributed by atoms with Crippen LogP contribution in [0.25, 0.3) is 0 Å². The first-order valence-corrected chi connectivity index (χ1v) is 6.17. The van der Waals surface area contributed by atoms with E-state index < -0.39 is 0 Å². The van der Waals surface area contributed by atoms with Gasteiger partial charge in [0.2, 0.25) is 0 Å². The van der Waals surface area contributed by atoms with E-state index in [-0.39, 0.29) is 0 Å². The summed E-state index contributed by atoms with van der Waals surface area (Å²) in [6.45, 7) is 4.23. The average molecular weight is 252 g/mol. The number of ether oxygens (including phenoxy) is 2. The molecule has 0 saturated heterocycles. The zero-order valence-electron chi connectivity index (χ0n) is 11.8. The molecule has 4 heteroatoms.